The van der Waals surface area contributed by atoms with E-state index >= 15 is 0 Å². The van der Waals surface area contributed by atoms with E-state index in [0.29, 0.717) is 15.7 Å². The van der Waals surface area contributed by atoms with Crippen molar-refractivity contribution in [3.05, 3.63) is 34.9 Å². The van der Waals surface area contributed by atoms with Gasteiger partial charge in [-0.15, -0.1) is 0 Å². The first kappa shape index (κ1) is 16.7. The first-order valence-corrected chi connectivity index (χ1v) is 7.02. The number of hydrazine groups is 1. The maximum atomic E-state index is 11.8. The van der Waals surface area contributed by atoms with Crippen molar-refractivity contribution in [1.29, 1.82) is 0 Å². The minimum absolute atomic E-state index is 0.265. The fraction of sp³-hybridized carbons (Fsp3) is 0.385. The highest BCUT2D eigenvalue weighted by Crippen LogP contribution is 2.08. The molecule has 0 saturated carbocycles. The molecule has 1 rings (SSSR count). The average Bonchev–Trinajstić information content (AvgIpc) is 2.41. The zero-order chi connectivity index (χ0) is 15.0. The maximum Gasteiger partial charge on any atom is 0.269 e. The molecule has 0 atom stereocenters. The summed E-state index contributed by atoms with van der Waals surface area (Å²) in [7, 11) is 4.03. The molecule has 0 aliphatic heterocycles. The lowest BCUT2D eigenvalue weighted by molar-refractivity contribution is 0.0943. The van der Waals surface area contributed by atoms with Gasteiger partial charge in [-0.25, -0.2) is 0 Å². The monoisotopic (exact) mass is 314 g/mol. The Bertz CT molecular complexity index is 450. The van der Waals surface area contributed by atoms with Gasteiger partial charge in [0.15, 0.2) is 5.11 Å². The second-order valence-electron chi connectivity index (χ2n) is 4.50. The molecule has 0 aliphatic rings. The molecule has 3 N–H and O–H groups in total. The number of amides is 1. The number of carbonyl (C=O) groups excluding carboxylic acids is 1. The number of nitrogens with one attached hydrogen (secondary N) is 3. The molecule has 5 nitrogen and oxygen atoms in total. The Balaban J connectivity index is 2.23. The molecule has 1 aromatic rings. The normalized spacial score (nSPS) is 10.2. The van der Waals surface area contributed by atoms with Crippen molar-refractivity contribution in [2.75, 3.05) is 27.2 Å². The van der Waals surface area contributed by atoms with Crippen LogP contribution in [0.2, 0.25) is 5.02 Å². The van der Waals surface area contributed by atoms with Crippen LogP contribution in [0, 0.1) is 0 Å². The summed E-state index contributed by atoms with van der Waals surface area (Å²) in [5, 5.41) is 4.00. The molecule has 20 heavy (non-hydrogen) atoms. The molecule has 0 saturated heterocycles. The summed E-state index contributed by atoms with van der Waals surface area (Å²) in [6, 6.07) is 6.61. The summed E-state index contributed by atoms with van der Waals surface area (Å²) >= 11 is 10.8. The third-order valence-electron chi connectivity index (χ3n) is 2.46. The molecule has 0 unspecified atom stereocenters. The van der Waals surface area contributed by atoms with Crippen LogP contribution in [0.5, 0.6) is 0 Å². The van der Waals surface area contributed by atoms with Crippen molar-refractivity contribution in [1.82, 2.24) is 21.1 Å². The molecule has 0 radical (unpaired) electrons. The lowest BCUT2D eigenvalue weighted by Gasteiger charge is -2.13. The van der Waals surface area contributed by atoms with Gasteiger partial charge in [0.25, 0.3) is 5.91 Å². The van der Waals surface area contributed by atoms with Gasteiger partial charge in [-0.1, -0.05) is 11.6 Å². The molecule has 0 heterocycles. The van der Waals surface area contributed by atoms with E-state index in [1.54, 1.807) is 24.3 Å². The highest BCUT2D eigenvalue weighted by Gasteiger charge is 2.05. The van der Waals surface area contributed by atoms with Crippen LogP contribution in [-0.4, -0.2) is 43.1 Å². The molecule has 0 spiro atoms. The van der Waals surface area contributed by atoms with Crippen molar-refractivity contribution in [3.8, 4) is 0 Å². The highest BCUT2D eigenvalue weighted by atomic mass is 35.5. The van der Waals surface area contributed by atoms with Gasteiger partial charge in [-0.3, -0.25) is 15.6 Å². The number of carbonyl (C=O) groups is 1. The van der Waals surface area contributed by atoms with Crippen LogP contribution in [-0.2, 0) is 0 Å². The third kappa shape index (κ3) is 6.70. The van der Waals surface area contributed by atoms with Gasteiger partial charge in [-0.2, -0.15) is 0 Å². The van der Waals surface area contributed by atoms with E-state index in [-0.39, 0.29) is 5.91 Å². The van der Waals surface area contributed by atoms with Crippen molar-refractivity contribution in [3.63, 3.8) is 0 Å². The number of halogens is 1. The van der Waals surface area contributed by atoms with Crippen LogP contribution in [0.3, 0.4) is 0 Å². The maximum absolute atomic E-state index is 11.8. The molecule has 0 aliphatic carbocycles. The van der Waals surface area contributed by atoms with Crippen molar-refractivity contribution in [2.24, 2.45) is 0 Å². The Morgan fingerprint density at radius 3 is 2.50 bits per heavy atom. The van der Waals surface area contributed by atoms with Crippen LogP contribution in [0.4, 0.5) is 0 Å². The van der Waals surface area contributed by atoms with Crippen LogP contribution in [0.1, 0.15) is 16.8 Å². The standard InChI is InChI=1S/C13H19ClN4OS/c1-18(2)9-3-8-15-13(20)17-16-12(19)10-4-6-11(14)7-5-10/h4-7H,3,8-9H2,1-2H3,(H,16,19)(H2,15,17,20). The topological polar surface area (TPSA) is 56.4 Å². The lowest BCUT2D eigenvalue weighted by atomic mass is 10.2. The summed E-state index contributed by atoms with van der Waals surface area (Å²) in [5.74, 6) is -0.265. The molecule has 110 valence electrons. The molecule has 0 fully saturated rings. The van der Waals surface area contributed by atoms with E-state index < -0.39 is 0 Å². The fourth-order valence-corrected chi connectivity index (χ4v) is 1.71. The largest absolute Gasteiger partial charge is 0.361 e. The van der Waals surface area contributed by atoms with E-state index in [1.807, 2.05) is 14.1 Å². The molecule has 7 heteroatoms. The van der Waals surface area contributed by atoms with Crippen molar-refractivity contribution >= 4 is 34.8 Å². The van der Waals surface area contributed by atoms with Gasteiger partial charge >= 0.3 is 0 Å². The molecule has 1 amide bonds. The predicted molar refractivity (Wildman–Crippen MR) is 85.8 cm³/mol. The van der Waals surface area contributed by atoms with Crippen LogP contribution in [0.15, 0.2) is 24.3 Å². The molecule has 0 aromatic heterocycles. The third-order valence-corrected chi connectivity index (χ3v) is 2.96. The Hall–Kier alpha value is -1.37. The zero-order valence-electron chi connectivity index (χ0n) is 11.6. The second-order valence-corrected chi connectivity index (χ2v) is 5.34. The first-order chi connectivity index (χ1) is 9.49. The Labute approximate surface area is 129 Å². The molecule has 1 aromatic carbocycles. The van der Waals surface area contributed by atoms with Gasteiger partial charge in [0, 0.05) is 17.1 Å². The predicted octanol–water partition coefficient (Wildman–Crippen LogP) is 1.40. The number of hydrogen-bond donors (Lipinski definition) is 3. The number of nitrogens with zero attached hydrogens (tertiary/aromatic N) is 1. The van der Waals surface area contributed by atoms with Crippen LogP contribution >= 0.6 is 23.8 Å². The van der Waals surface area contributed by atoms with Crippen LogP contribution in [0.25, 0.3) is 0 Å². The van der Waals surface area contributed by atoms with Crippen molar-refractivity contribution < 1.29 is 4.79 Å². The summed E-state index contributed by atoms with van der Waals surface area (Å²) < 4.78 is 0. The van der Waals surface area contributed by atoms with Gasteiger partial charge in [-0.05, 0) is 63.5 Å². The number of hydrogen-bond acceptors (Lipinski definition) is 3. The summed E-state index contributed by atoms with van der Waals surface area (Å²) in [6.07, 6.45) is 0.972. The van der Waals surface area contributed by atoms with Gasteiger partial charge < -0.3 is 10.2 Å². The minimum Gasteiger partial charge on any atom is -0.361 e. The Morgan fingerprint density at radius 1 is 1.25 bits per heavy atom. The minimum atomic E-state index is -0.265. The van der Waals surface area contributed by atoms with E-state index in [4.69, 9.17) is 23.8 Å². The molecular formula is C13H19ClN4OS. The Kier molecular flexibility index (Phi) is 7.28. The molecule has 0 bridgehead atoms. The summed E-state index contributed by atoms with van der Waals surface area (Å²) in [4.78, 5) is 13.9. The van der Waals surface area contributed by atoms with Gasteiger partial charge in [0.05, 0.1) is 0 Å². The second kappa shape index (κ2) is 8.73. The highest BCUT2D eigenvalue weighted by molar-refractivity contribution is 7.80. The smallest absolute Gasteiger partial charge is 0.269 e. The number of rotatable bonds is 5. The lowest BCUT2D eigenvalue weighted by Crippen LogP contribution is -2.47. The number of thiocarbonyl (C=S) groups is 1. The zero-order valence-corrected chi connectivity index (χ0v) is 13.1. The van der Waals surface area contributed by atoms with E-state index in [9.17, 15) is 4.79 Å². The fourth-order valence-electron chi connectivity index (χ4n) is 1.43. The first-order valence-electron chi connectivity index (χ1n) is 6.23. The quantitative estimate of drug-likeness (QED) is 0.436. The summed E-state index contributed by atoms with van der Waals surface area (Å²) in [5.41, 5.74) is 5.69. The number of benzene rings is 1. The van der Waals surface area contributed by atoms with Crippen molar-refractivity contribution in [2.45, 2.75) is 6.42 Å². The van der Waals surface area contributed by atoms with E-state index in [1.165, 1.54) is 0 Å². The van der Waals surface area contributed by atoms with E-state index in [2.05, 4.69) is 21.1 Å². The van der Waals surface area contributed by atoms with Gasteiger partial charge in [0.1, 0.15) is 0 Å². The average molecular weight is 315 g/mol. The summed E-state index contributed by atoms with van der Waals surface area (Å²) in [6.45, 7) is 1.73. The van der Waals surface area contributed by atoms with E-state index in [0.717, 1.165) is 19.5 Å². The Morgan fingerprint density at radius 2 is 1.90 bits per heavy atom. The SMILES string of the molecule is CN(C)CCCNC(=S)NNC(=O)c1ccc(Cl)cc1. The van der Waals surface area contributed by atoms with Gasteiger partial charge in [0.2, 0.25) is 0 Å². The molecular weight excluding hydrogens is 296 g/mol. The van der Waals surface area contributed by atoms with Crippen LogP contribution < -0.4 is 16.2 Å².